The Balaban J connectivity index is 1.55. The van der Waals surface area contributed by atoms with Crippen LogP contribution < -0.4 is 15.0 Å². The van der Waals surface area contributed by atoms with E-state index in [-0.39, 0.29) is 52.2 Å². The second-order valence-electron chi connectivity index (χ2n) is 8.08. The Kier molecular flexibility index (Phi) is 6.70. The molecule has 2 aromatic heterocycles. The second-order valence-corrected chi connectivity index (χ2v) is 11.0. The molecule has 2 aromatic carbocycles. The molecule has 0 amide bonds. The fourth-order valence-corrected chi connectivity index (χ4v) is 6.23. The van der Waals surface area contributed by atoms with Gasteiger partial charge < -0.3 is 4.74 Å². The number of ether oxygens (including phenoxy) is 1. The van der Waals surface area contributed by atoms with Crippen LogP contribution >= 0.6 is 23.1 Å². The molecule has 37 heavy (non-hydrogen) atoms. The molecule has 0 saturated heterocycles. The predicted octanol–water partition coefficient (Wildman–Crippen LogP) is 4.01. The zero-order valence-electron chi connectivity index (χ0n) is 19.1. The summed E-state index contributed by atoms with van der Waals surface area (Å²) in [6, 6.07) is 9.00. The van der Waals surface area contributed by atoms with Crippen LogP contribution in [0.25, 0.3) is 16.8 Å². The summed E-state index contributed by atoms with van der Waals surface area (Å²) in [5.74, 6) is -1.18. The fourth-order valence-electron chi connectivity index (χ4n) is 4.21. The molecule has 0 spiro atoms. The molecule has 0 aliphatic carbocycles. The van der Waals surface area contributed by atoms with Gasteiger partial charge in [-0.2, -0.15) is 17.1 Å². The normalized spacial score (nSPS) is 13.8. The van der Waals surface area contributed by atoms with E-state index in [4.69, 9.17) is 16.3 Å². The molecular formula is C23H18ClF2N5O4S2. The molecule has 9 nitrogen and oxygen atoms in total. The summed E-state index contributed by atoms with van der Waals surface area (Å²) >= 11 is 6.85. The number of rotatable bonds is 6. The zero-order chi connectivity index (χ0) is 26.3. The summed E-state index contributed by atoms with van der Waals surface area (Å²) in [6.45, 7) is 0.0453. The van der Waals surface area contributed by atoms with E-state index in [1.54, 1.807) is 6.07 Å². The van der Waals surface area contributed by atoms with Crippen molar-refractivity contribution in [2.75, 3.05) is 18.4 Å². The van der Waals surface area contributed by atoms with Gasteiger partial charge in [-0.25, -0.2) is 18.5 Å². The van der Waals surface area contributed by atoms with Gasteiger partial charge in [0.15, 0.2) is 0 Å². The first-order valence-electron chi connectivity index (χ1n) is 10.8. The molecule has 1 N–H and O–H groups in total. The number of hydrogen-bond donors (Lipinski definition) is 1. The first-order valence-corrected chi connectivity index (χ1v) is 13.4. The number of nitrogens with zero attached hydrogens (tertiary/aromatic N) is 4. The Morgan fingerprint density at radius 3 is 2.68 bits per heavy atom. The van der Waals surface area contributed by atoms with Gasteiger partial charge in [0.1, 0.15) is 23.7 Å². The van der Waals surface area contributed by atoms with Gasteiger partial charge in [0.05, 0.1) is 12.8 Å². The highest BCUT2D eigenvalue weighted by molar-refractivity contribution is 7.90. The van der Waals surface area contributed by atoms with Crippen molar-refractivity contribution in [1.29, 1.82) is 0 Å². The third kappa shape index (κ3) is 4.94. The van der Waals surface area contributed by atoms with Crippen molar-refractivity contribution in [3.8, 4) is 22.6 Å². The molecule has 14 heteroatoms. The van der Waals surface area contributed by atoms with Crippen LogP contribution in [-0.4, -0.2) is 40.3 Å². The van der Waals surface area contributed by atoms with E-state index in [0.717, 1.165) is 29.7 Å². The number of hydrogen-bond acceptors (Lipinski definition) is 7. The van der Waals surface area contributed by atoms with Crippen LogP contribution in [0.3, 0.4) is 0 Å². The summed E-state index contributed by atoms with van der Waals surface area (Å²) in [4.78, 5) is 16.8. The number of fused-ring (bicyclic) bond motifs is 1. The highest BCUT2D eigenvalue weighted by atomic mass is 35.5. The minimum absolute atomic E-state index is 0.0194. The topological polar surface area (TPSA) is 106 Å². The molecular weight excluding hydrogens is 548 g/mol. The molecule has 0 bridgehead atoms. The van der Waals surface area contributed by atoms with E-state index in [1.165, 1.54) is 40.5 Å². The molecule has 1 aliphatic rings. The monoisotopic (exact) mass is 565 g/mol. The van der Waals surface area contributed by atoms with E-state index < -0.39 is 27.4 Å². The minimum Gasteiger partial charge on any atom is -0.495 e. The number of aromatic nitrogens is 3. The van der Waals surface area contributed by atoms with Crippen molar-refractivity contribution in [2.45, 2.75) is 13.0 Å². The maximum absolute atomic E-state index is 15.3. The van der Waals surface area contributed by atoms with Crippen LogP contribution in [0.2, 0.25) is 5.02 Å². The molecule has 0 atom stereocenters. The van der Waals surface area contributed by atoms with Gasteiger partial charge in [-0.3, -0.25) is 9.36 Å². The Morgan fingerprint density at radius 1 is 1.16 bits per heavy atom. The zero-order valence-corrected chi connectivity index (χ0v) is 21.5. The quantitative estimate of drug-likeness (QED) is 0.379. The van der Waals surface area contributed by atoms with Crippen molar-refractivity contribution in [1.82, 2.24) is 18.2 Å². The highest BCUT2D eigenvalue weighted by Gasteiger charge is 2.30. The number of nitrogens with one attached hydrogen (secondary N) is 1. The fraction of sp³-hybridized carbons (Fsp3) is 0.174. The van der Waals surface area contributed by atoms with Crippen molar-refractivity contribution in [2.24, 2.45) is 0 Å². The highest BCUT2D eigenvalue weighted by Crippen LogP contribution is 2.35. The third-order valence-electron chi connectivity index (χ3n) is 5.83. The van der Waals surface area contributed by atoms with Crippen LogP contribution in [0, 0.1) is 11.6 Å². The van der Waals surface area contributed by atoms with Crippen LogP contribution in [0.15, 0.2) is 53.6 Å². The molecule has 0 fully saturated rings. The van der Waals surface area contributed by atoms with Gasteiger partial charge in [-0.1, -0.05) is 17.7 Å². The first-order chi connectivity index (χ1) is 17.7. The van der Waals surface area contributed by atoms with E-state index in [1.807, 2.05) is 0 Å². The van der Waals surface area contributed by atoms with Crippen molar-refractivity contribution >= 4 is 38.5 Å². The average molecular weight is 566 g/mol. The first kappa shape index (κ1) is 25.3. The number of methoxy groups -OCH3 is 1. The smallest absolute Gasteiger partial charge is 0.303 e. The lowest BCUT2D eigenvalue weighted by Gasteiger charge is -2.29. The van der Waals surface area contributed by atoms with Gasteiger partial charge in [-0.15, -0.1) is 0 Å². The Morgan fingerprint density at radius 2 is 1.97 bits per heavy atom. The van der Waals surface area contributed by atoms with Crippen molar-refractivity contribution in [3.05, 3.63) is 87.1 Å². The molecule has 4 aromatic rings. The van der Waals surface area contributed by atoms with Crippen LogP contribution in [0.5, 0.6) is 5.75 Å². The largest absolute Gasteiger partial charge is 0.495 e. The molecule has 0 saturated carbocycles. The van der Waals surface area contributed by atoms with Crippen molar-refractivity contribution < 1.29 is 21.9 Å². The molecule has 1 aliphatic heterocycles. The molecule has 0 unspecified atom stereocenters. The molecule has 0 radical (unpaired) electrons. The van der Waals surface area contributed by atoms with E-state index in [9.17, 15) is 17.6 Å². The second kappa shape index (κ2) is 9.82. The molecule has 3 heterocycles. The Labute approximate surface area is 219 Å². The lowest BCUT2D eigenvalue weighted by Crippen LogP contribution is -2.41. The third-order valence-corrected chi connectivity index (χ3v) is 8.20. The predicted molar refractivity (Wildman–Crippen MR) is 136 cm³/mol. The van der Waals surface area contributed by atoms with Gasteiger partial charge in [0.2, 0.25) is 5.13 Å². The van der Waals surface area contributed by atoms with Gasteiger partial charge >= 0.3 is 10.2 Å². The van der Waals surface area contributed by atoms with Crippen LogP contribution in [0.1, 0.15) is 11.3 Å². The Hall–Kier alpha value is -3.39. The van der Waals surface area contributed by atoms with Gasteiger partial charge in [0.25, 0.3) is 5.56 Å². The SMILES string of the molecule is COc1cc(-c2cc(F)cc(Cl)c2)c(F)cc1-n1c2c(ccc1=O)CN(S(=O)(=O)Nc1ncns1)CC2. The molecule has 5 rings (SSSR count). The summed E-state index contributed by atoms with van der Waals surface area (Å²) in [5.41, 5.74) is 1.03. The van der Waals surface area contributed by atoms with E-state index in [2.05, 4.69) is 14.1 Å². The lowest BCUT2D eigenvalue weighted by molar-refractivity contribution is 0.385. The van der Waals surface area contributed by atoms with Crippen molar-refractivity contribution in [3.63, 3.8) is 0 Å². The van der Waals surface area contributed by atoms with Crippen LogP contribution in [-0.2, 0) is 23.2 Å². The molecule has 192 valence electrons. The lowest BCUT2D eigenvalue weighted by atomic mass is 10.0. The standard InChI is InChI=1S/C23H18ClF2N5O4S2/c1-35-21-9-17(14-6-15(24)8-16(25)7-14)18(26)10-20(21)31-19-4-5-30(11-13(19)2-3-22(31)32)37(33,34)29-23-27-12-28-36-23/h2-3,6-10,12H,4-5,11H2,1H3,(H,27,28,29). The minimum atomic E-state index is -3.92. The van der Waals surface area contributed by atoms with E-state index >= 15 is 4.39 Å². The average Bonchev–Trinajstić information content (AvgIpc) is 3.35. The van der Waals surface area contributed by atoms with Gasteiger partial charge in [0, 0.05) is 59.5 Å². The number of pyridine rings is 1. The number of benzene rings is 2. The summed E-state index contributed by atoms with van der Waals surface area (Å²) in [6.07, 6.45) is 1.42. The number of anilines is 1. The maximum Gasteiger partial charge on any atom is 0.303 e. The van der Waals surface area contributed by atoms with E-state index in [0.29, 0.717) is 11.3 Å². The maximum atomic E-state index is 15.3. The van der Waals surface area contributed by atoms with Gasteiger partial charge in [-0.05, 0) is 35.4 Å². The summed E-state index contributed by atoms with van der Waals surface area (Å²) in [7, 11) is -2.55. The Bertz CT molecular complexity index is 1640. The summed E-state index contributed by atoms with van der Waals surface area (Å²) in [5, 5.41) is 0.238. The summed E-state index contributed by atoms with van der Waals surface area (Å²) < 4.78 is 69.0. The number of halogens is 3. The van der Waals surface area contributed by atoms with Crippen LogP contribution in [0.4, 0.5) is 13.9 Å².